The normalized spacial score (nSPS) is 19.8. The molecular formula is C14H20F3N3O3S. The second kappa shape index (κ2) is 6.87. The summed E-state index contributed by atoms with van der Waals surface area (Å²) in [5.41, 5.74) is -1.08. The van der Waals surface area contributed by atoms with Crippen LogP contribution in [0.2, 0.25) is 0 Å². The molecule has 0 spiro atoms. The Morgan fingerprint density at radius 2 is 2.04 bits per heavy atom. The van der Waals surface area contributed by atoms with Crippen LogP contribution in [0.25, 0.3) is 0 Å². The highest BCUT2D eigenvalue weighted by molar-refractivity contribution is 7.89. The van der Waals surface area contributed by atoms with Gasteiger partial charge in [-0.25, -0.2) is 13.6 Å². The van der Waals surface area contributed by atoms with Gasteiger partial charge in [0.15, 0.2) is 0 Å². The van der Waals surface area contributed by atoms with E-state index in [9.17, 15) is 21.6 Å². The van der Waals surface area contributed by atoms with Gasteiger partial charge in [-0.15, -0.1) is 0 Å². The van der Waals surface area contributed by atoms with E-state index in [-0.39, 0.29) is 18.3 Å². The van der Waals surface area contributed by atoms with Crippen LogP contribution < -0.4 is 10.0 Å². The Kier molecular flexibility index (Phi) is 5.43. The lowest BCUT2D eigenvalue weighted by atomic mass is 10.1. The van der Waals surface area contributed by atoms with Gasteiger partial charge >= 0.3 is 6.18 Å². The molecule has 136 valence electrons. The number of anilines is 1. The summed E-state index contributed by atoms with van der Waals surface area (Å²) >= 11 is 0. The first-order valence-electron chi connectivity index (χ1n) is 7.24. The van der Waals surface area contributed by atoms with Gasteiger partial charge in [0.2, 0.25) is 10.0 Å². The number of alkyl halides is 3. The Balaban J connectivity index is 2.38. The molecule has 2 N–H and O–H groups in total. The Morgan fingerprint density at radius 1 is 1.38 bits per heavy atom. The summed E-state index contributed by atoms with van der Waals surface area (Å²) in [6, 6.07) is 2.83. The lowest BCUT2D eigenvalue weighted by molar-refractivity contribution is -0.137. The highest BCUT2D eigenvalue weighted by atomic mass is 32.2. The third kappa shape index (κ3) is 4.59. The average Bonchev–Trinajstić information content (AvgIpc) is 2.44. The minimum absolute atomic E-state index is 0.0676. The fourth-order valence-electron chi connectivity index (χ4n) is 2.65. The quantitative estimate of drug-likeness (QED) is 0.863. The van der Waals surface area contributed by atoms with E-state index in [0.717, 1.165) is 12.1 Å². The molecule has 6 nitrogen and oxygen atoms in total. The van der Waals surface area contributed by atoms with E-state index >= 15 is 0 Å². The molecule has 0 aliphatic carbocycles. The fourth-order valence-corrected chi connectivity index (χ4v) is 3.19. The minimum Gasteiger partial charge on any atom is -0.373 e. The first-order chi connectivity index (χ1) is 11.0. The number of ether oxygens (including phenoxy) is 1. The molecule has 0 amide bonds. The molecular weight excluding hydrogens is 347 g/mol. The van der Waals surface area contributed by atoms with Gasteiger partial charge in [0, 0.05) is 25.3 Å². The summed E-state index contributed by atoms with van der Waals surface area (Å²) in [7, 11) is -0.507. The molecule has 1 fully saturated rings. The molecule has 1 aromatic carbocycles. The molecule has 1 aliphatic rings. The van der Waals surface area contributed by atoms with E-state index in [2.05, 4.69) is 0 Å². The van der Waals surface area contributed by atoms with Crippen LogP contribution in [0, 0.1) is 0 Å². The summed E-state index contributed by atoms with van der Waals surface area (Å²) in [6.45, 7) is 1.46. The summed E-state index contributed by atoms with van der Waals surface area (Å²) in [5, 5.41) is 4.94. The lowest BCUT2D eigenvalue weighted by Gasteiger charge is -2.36. The van der Waals surface area contributed by atoms with Crippen LogP contribution >= 0.6 is 0 Å². The molecule has 1 saturated heterocycles. The largest absolute Gasteiger partial charge is 0.418 e. The van der Waals surface area contributed by atoms with Crippen molar-refractivity contribution in [3.8, 4) is 0 Å². The van der Waals surface area contributed by atoms with Gasteiger partial charge in [0.25, 0.3) is 0 Å². The van der Waals surface area contributed by atoms with Gasteiger partial charge in [-0.1, -0.05) is 0 Å². The first kappa shape index (κ1) is 19.0. The van der Waals surface area contributed by atoms with Crippen LogP contribution in [0.15, 0.2) is 23.1 Å². The Labute approximate surface area is 139 Å². The minimum atomic E-state index is -4.69. The van der Waals surface area contributed by atoms with E-state index in [1.165, 1.54) is 0 Å². The fraction of sp³-hybridized carbons (Fsp3) is 0.571. The van der Waals surface area contributed by atoms with Crippen LogP contribution in [0.5, 0.6) is 0 Å². The molecule has 2 rings (SSSR count). The maximum atomic E-state index is 13.4. The summed E-state index contributed by atoms with van der Waals surface area (Å²) < 4.78 is 68.4. The number of rotatable bonds is 4. The third-order valence-corrected chi connectivity index (χ3v) is 4.56. The zero-order valence-corrected chi connectivity index (χ0v) is 14.2. The smallest absolute Gasteiger partial charge is 0.373 e. The van der Waals surface area contributed by atoms with E-state index < -0.39 is 26.7 Å². The average molecular weight is 367 g/mol. The van der Waals surface area contributed by atoms with E-state index in [1.54, 1.807) is 4.90 Å². The zero-order chi connectivity index (χ0) is 18.1. The number of halogens is 3. The second-order valence-corrected chi connectivity index (χ2v) is 7.48. The third-order valence-electron chi connectivity index (χ3n) is 3.65. The van der Waals surface area contributed by atoms with Gasteiger partial charge in [0.1, 0.15) is 0 Å². The van der Waals surface area contributed by atoms with Gasteiger partial charge in [0.05, 0.1) is 23.2 Å². The Hall–Kier alpha value is -1.36. The van der Waals surface area contributed by atoms with Gasteiger partial charge < -0.3 is 14.5 Å². The molecule has 1 atom stereocenters. The number of benzene rings is 1. The van der Waals surface area contributed by atoms with Crippen molar-refractivity contribution >= 4 is 15.7 Å². The zero-order valence-electron chi connectivity index (χ0n) is 13.4. The van der Waals surface area contributed by atoms with Crippen molar-refractivity contribution in [3.05, 3.63) is 23.8 Å². The van der Waals surface area contributed by atoms with Crippen molar-refractivity contribution in [1.82, 2.24) is 4.90 Å². The predicted octanol–water partition coefficient (Wildman–Crippen LogP) is 1.12. The molecule has 10 heteroatoms. The molecule has 1 aromatic rings. The number of primary sulfonamides is 1. The molecule has 0 radical (unpaired) electrons. The van der Waals surface area contributed by atoms with Crippen LogP contribution in [0.4, 0.5) is 18.9 Å². The Bertz CT molecular complexity index is 692. The number of hydrogen-bond donors (Lipinski definition) is 1. The van der Waals surface area contributed by atoms with Gasteiger partial charge in [-0.05, 0) is 32.3 Å². The van der Waals surface area contributed by atoms with Gasteiger partial charge in [-0.3, -0.25) is 0 Å². The number of likely N-dealkylation sites (N-methyl/N-ethyl adjacent to an activating group) is 1. The highest BCUT2D eigenvalue weighted by Crippen LogP contribution is 2.38. The van der Waals surface area contributed by atoms with Crippen molar-refractivity contribution in [2.75, 3.05) is 45.2 Å². The topological polar surface area (TPSA) is 75.9 Å². The monoisotopic (exact) mass is 367 g/mol. The number of nitrogens with zero attached hydrogens (tertiary/aromatic N) is 2. The lowest BCUT2D eigenvalue weighted by Crippen LogP contribution is -2.47. The van der Waals surface area contributed by atoms with Crippen LogP contribution in [-0.4, -0.2) is 59.8 Å². The molecule has 24 heavy (non-hydrogen) atoms. The first-order valence-corrected chi connectivity index (χ1v) is 8.78. The highest BCUT2D eigenvalue weighted by Gasteiger charge is 2.37. The number of nitrogens with two attached hydrogens (primary N) is 1. The summed E-state index contributed by atoms with van der Waals surface area (Å²) in [4.78, 5) is 2.90. The standard InChI is InChI=1S/C14H20F3N3O3S/c1-19(2)8-10-9-20(5-6-23-10)13-4-3-11(24(18,21)22)7-12(13)14(15,16)17/h3-4,7,10H,5-6,8-9H2,1-2H3,(H2,18,21,22). The van der Waals surface area contributed by atoms with Crippen molar-refractivity contribution in [2.45, 2.75) is 17.2 Å². The van der Waals surface area contributed by atoms with Crippen LogP contribution in [0.1, 0.15) is 5.56 Å². The van der Waals surface area contributed by atoms with Crippen LogP contribution in [-0.2, 0) is 20.9 Å². The Morgan fingerprint density at radius 3 is 2.58 bits per heavy atom. The van der Waals surface area contributed by atoms with E-state index in [1.807, 2.05) is 19.0 Å². The van der Waals surface area contributed by atoms with E-state index in [0.29, 0.717) is 25.8 Å². The SMILES string of the molecule is CN(C)CC1CN(c2ccc(S(N)(=O)=O)cc2C(F)(F)F)CCO1. The molecule has 0 bridgehead atoms. The second-order valence-electron chi connectivity index (χ2n) is 5.92. The van der Waals surface area contributed by atoms with Crippen LogP contribution in [0.3, 0.4) is 0 Å². The maximum Gasteiger partial charge on any atom is 0.418 e. The van der Waals surface area contributed by atoms with E-state index in [4.69, 9.17) is 9.88 Å². The maximum absolute atomic E-state index is 13.4. The van der Waals surface area contributed by atoms with Crippen molar-refractivity contribution in [1.29, 1.82) is 0 Å². The van der Waals surface area contributed by atoms with Crippen molar-refractivity contribution < 1.29 is 26.3 Å². The molecule has 0 aromatic heterocycles. The van der Waals surface area contributed by atoms with Gasteiger partial charge in [-0.2, -0.15) is 13.2 Å². The number of morpholine rings is 1. The number of hydrogen-bond acceptors (Lipinski definition) is 5. The molecule has 1 unspecified atom stereocenters. The summed E-state index contributed by atoms with van der Waals surface area (Å²) in [5.74, 6) is 0. The van der Waals surface area contributed by atoms with Crippen molar-refractivity contribution in [3.63, 3.8) is 0 Å². The molecule has 0 saturated carbocycles. The predicted molar refractivity (Wildman–Crippen MR) is 83.3 cm³/mol. The molecule has 1 aliphatic heterocycles. The van der Waals surface area contributed by atoms with Crippen molar-refractivity contribution in [2.24, 2.45) is 5.14 Å². The molecule has 1 heterocycles. The summed E-state index contributed by atoms with van der Waals surface area (Å²) in [6.07, 6.45) is -4.92. The number of sulfonamides is 1.